The minimum atomic E-state index is -1.17. The van der Waals surface area contributed by atoms with Crippen molar-refractivity contribution in [2.45, 2.75) is 43.8 Å². The summed E-state index contributed by atoms with van der Waals surface area (Å²) in [6.07, 6.45) is 1.41. The molecule has 0 radical (unpaired) electrons. The number of carboxylic acid groups (broad SMARTS) is 1. The molecule has 1 aliphatic heterocycles. The minimum Gasteiger partial charge on any atom is -0.508 e. The molecule has 0 spiro atoms. The average Bonchev–Trinajstić information content (AvgIpc) is 3.33. The fourth-order valence-electron chi connectivity index (χ4n) is 4.09. The normalized spacial score (nSPS) is 16.8. The molecule has 10 nitrogen and oxygen atoms in total. The summed E-state index contributed by atoms with van der Waals surface area (Å²) in [5.74, 6) is -2.54. The van der Waals surface area contributed by atoms with Crippen LogP contribution in [0.5, 0.6) is 5.75 Å². The van der Waals surface area contributed by atoms with Crippen LogP contribution in [0.15, 0.2) is 54.6 Å². The fourth-order valence-corrected chi connectivity index (χ4v) is 4.09. The molecule has 0 saturated carbocycles. The zero-order chi connectivity index (χ0) is 25.4. The van der Waals surface area contributed by atoms with Crippen molar-refractivity contribution in [1.82, 2.24) is 15.5 Å². The Bertz CT molecular complexity index is 1040. The van der Waals surface area contributed by atoms with Gasteiger partial charge in [0.25, 0.3) is 0 Å². The number of amides is 3. The van der Waals surface area contributed by atoms with Crippen molar-refractivity contribution in [2.75, 3.05) is 13.1 Å². The largest absolute Gasteiger partial charge is 0.508 e. The summed E-state index contributed by atoms with van der Waals surface area (Å²) >= 11 is 0. The molecule has 3 rings (SSSR count). The summed E-state index contributed by atoms with van der Waals surface area (Å²) in [6, 6.07) is 12.8. The molecule has 0 aliphatic carbocycles. The number of hydrogen-bond donors (Lipinski definition) is 5. The van der Waals surface area contributed by atoms with Gasteiger partial charge in [-0.25, -0.2) is 0 Å². The second-order valence-corrected chi connectivity index (χ2v) is 8.53. The maximum absolute atomic E-state index is 13.5. The molecule has 186 valence electrons. The second kappa shape index (κ2) is 12.0. The third-order valence-corrected chi connectivity index (χ3v) is 5.88. The number of aromatic hydroxyl groups is 1. The van der Waals surface area contributed by atoms with Crippen molar-refractivity contribution in [3.05, 3.63) is 65.7 Å². The predicted octanol–water partition coefficient (Wildman–Crippen LogP) is 0.181. The van der Waals surface area contributed by atoms with Gasteiger partial charge < -0.3 is 31.5 Å². The maximum atomic E-state index is 13.5. The van der Waals surface area contributed by atoms with Crippen LogP contribution in [0, 0.1) is 0 Å². The van der Waals surface area contributed by atoms with Crippen molar-refractivity contribution in [1.29, 1.82) is 0 Å². The summed E-state index contributed by atoms with van der Waals surface area (Å²) in [5, 5.41) is 23.4. The first-order chi connectivity index (χ1) is 16.7. The number of nitrogens with two attached hydrogens (primary N) is 1. The number of phenolic OH excluding ortho intramolecular Hbond substituents is 1. The maximum Gasteiger partial charge on any atom is 0.322 e. The van der Waals surface area contributed by atoms with E-state index in [1.54, 1.807) is 12.1 Å². The molecule has 2 aromatic carbocycles. The van der Waals surface area contributed by atoms with Gasteiger partial charge >= 0.3 is 5.97 Å². The smallest absolute Gasteiger partial charge is 0.322 e. The van der Waals surface area contributed by atoms with Crippen LogP contribution in [-0.4, -0.2) is 70.0 Å². The van der Waals surface area contributed by atoms with Gasteiger partial charge in [0.1, 0.15) is 24.4 Å². The van der Waals surface area contributed by atoms with Crippen molar-refractivity contribution < 1.29 is 29.4 Å². The highest BCUT2D eigenvalue weighted by molar-refractivity contribution is 5.94. The molecule has 10 heteroatoms. The molecule has 1 fully saturated rings. The fraction of sp³-hybridized carbons (Fsp3) is 0.360. The van der Waals surface area contributed by atoms with Gasteiger partial charge in [0.15, 0.2) is 0 Å². The van der Waals surface area contributed by atoms with E-state index in [4.69, 9.17) is 10.8 Å². The van der Waals surface area contributed by atoms with Gasteiger partial charge in [-0.05, 0) is 42.5 Å². The van der Waals surface area contributed by atoms with E-state index in [1.807, 2.05) is 30.3 Å². The van der Waals surface area contributed by atoms with Crippen LogP contribution in [0.3, 0.4) is 0 Å². The molecule has 3 unspecified atom stereocenters. The van der Waals surface area contributed by atoms with Crippen LogP contribution in [-0.2, 0) is 32.0 Å². The van der Waals surface area contributed by atoms with Gasteiger partial charge in [0, 0.05) is 13.0 Å². The van der Waals surface area contributed by atoms with E-state index in [0.717, 1.165) is 11.1 Å². The highest BCUT2D eigenvalue weighted by Crippen LogP contribution is 2.20. The Morgan fingerprint density at radius 2 is 1.66 bits per heavy atom. The van der Waals surface area contributed by atoms with E-state index in [2.05, 4.69) is 10.6 Å². The minimum absolute atomic E-state index is 0.104. The first-order valence-corrected chi connectivity index (χ1v) is 11.4. The number of nitrogens with one attached hydrogen (secondary N) is 2. The molecule has 0 aromatic heterocycles. The lowest BCUT2D eigenvalue weighted by molar-refractivity contribution is -0.142. The first-order valence-electron chi connectivity index (χ1n) is 11.4. The molecule has 2 aromatic rings. The van der Waals surface area contributed by atoms with E-state index >= 15 is 0 Å². The molecule has 3 atom stereocenters. The van der Waals surface area contributed by atoms with Gasteiger partial charge in [0.05, 0.1) is 6.04 Å². The SMILES string of the molecule is NC(Cc1ccc(O)cc1)C(=O)NC(Cc1ccccc1)C(=O)N1CCCC1C(=O)NCC(=O)O. The molecule has 35 heavy (non-hydrogen) atoms. The Balaban J connectivity index is 1.73. The van der Waals surface area contributed by atoms with E-state index in [-0.39, 0.29) is 18.6 Å². The quantitative estimate of drug-likeness (QED) is 0.323. The predicted molar refractivity (Wildman–Crippen MR) is 127 cm³/mol. The number of aliphatic carboxylic acids is 1. The number of hydrogen-bond acceptors (Lipinski definition) is 6. The van der Waals surface area contributed by atoms with Crippen molar-refractivity contribution in [3.8, 4) is 5.75 Å². The van der Waals surface area contributed by atoms with Gasteiger partial charge in [-0.2, -0.15) is 0 Å². The van der Waals surface area contributed by atoms with Crippen molar-refractivity contribution in [3.63, 3.8) is 0 Å². The third kappa shape index (κ3) is 7.28. The number of phenols is 1. The molecular weight excluding hydrogens is 452 g/mol. The summed E-state index contributed by atoms with van der Waals surface area (Å²) in [6.45, 7) is -0.210. The summed E-state index contributed by atoms with van der Waals surface area (Å²) in [5.41, 5.74) is 7.69. The standard InChI is InChI=1S/C25H30N4O6/c26-19(13-17-8-10-18(30)11-9-17)23(33)28-20(14-16-5-2-1-3-6-16)25(35)29-12-4-7-21(29)24(34)27-15-22(31)32/h1-3,5-6,8-11,19-21,30H,4,7,12-15,26H2,(H,27,34)(H,28,33)(H,31,32). The zero-order valence-electron chi connectivity index (χ0n) is 19.2. The van der Waals surface area contributed by atoms with Gasteiger partial charge in [-0.15, -0.1) is 0 Å². The van der Waals surface area contributed by atoms with Crippen LogP contribution in [0.4, 0.5) is 0 Å². The number of carbonyl (C=O) groups is 4. The number of carbonyl (C=O) groups excluding carboxylic acids is 3. The van der Waals surface area contributed by atoms with Gasteiger partial charge in [0.2, 0.25) is 17.7 Å². The molecule has 6 N–H and O–H groups in total. The molecule has 0 bridgehead atoms. The van der Waals surface area contributed by atoms with Gasteiger partial charge in [-0.1, -0.05) is 42.5 Å². The first kappa shape index (κ1) is 25.7. The zero-order valence-corrected chi connectivity index (χ0v) is 19.2. The lowest BCUT2D eigenvalue weighted by Gasteiger charge is -2.29. The van der Waals surface area contributed by atoms with Crippen LogP contribution in [0.25, 0.3) is 0 Å². The van der Waals surface area contributed by atoms with Crippen LogP contribution < -0.4 is 16.4 Å². The number of carboxylic acids is 1. The van der Waals surface area contributed by atoms with E-state index in [0.29, 0.717) is 19.4 Å². The molecule has 1 aliphatic rings. The number of nitrogens with zero attached hydrogens (tertiary/aromatic N) is 1. The Labute approximate surface area is 203 Å². The Morgan fingerprint density at radius 3 is 2.31 bits per heavy atom. The molecular formula is C25H30N4O6. The van der Waals surface area contributed by atoms with E-state index < -0.39 is 48.4 Å². The van der Waals surface area contributed by atoms with Crippen molar-refractivity contribution >= 4 is 23.7 Å². The number of benzene rings is 2. The lowest BCUT2D eigenvalue weighted by Crippen LogP contribution is -2.56. The van der Waals surface area contributed by atoms with E-state index in [1.165, 1.54) is 17.0 Å². The molecule has 1 heterocycles. The Morgan fingerprint density at radius 1 is 1.00 bits per heavy atom. The Kier molecular flexibility index (Phi) is 8.80. The van der Waals surface area contributed by atoms with Crippen LogP contribution in [0.2, 0.25) is 0 Å². The monoisotopic (exact) mass is 482 g/mol. The Hall–Kier alpha value is -3.92. The number of rotatable bonds is 10. The van der Waals surface area contributed by atoms with Crippen LogP contribution >= 0.6 is 0 Å². The summed E-state index contributed by atoms with van der Waals surface area (Å²) < 4.78 is 0. The summed E-state index contributed by atoms with van der Waals surface area (Å²) in [7, 11) is 0. The van der Waals surface area contributed by atoms with Crippen LogP contribution in [0.1, 0.15) is 24.0 Å². The second-order valence-electron chi connectivity index (χ2n) is 8.53. The molecule has 1 saturated heterocycles. The van der Waals surface area contributed by atoms with Gasteiger partial charge in [-0.3, -0.25) is 19.2 Å². The highest BCUT2D eigenvalue weighted by Gasteiger charge is 2.38. The lowest BCUT2D eigenvalue weighted by atomic mass is 10.0. The topological polar surface area (TPSA) is 162 Å². The van der Waals surface area contributed by atoms with Crippen molar-refractivity contribution in [2.24, 2.45) is 5.73 Å². The average molecular weight is 483 g/mol. The number of likely N-dealkylation sites (tertiary alicyclic amines) is 1. The molecule has 3 amide bonds. The van der Waals surface area contributed by atoms with E-state index in [9.17, 15) is 24.3 Å². The highest BCUT2D eigenvalue weighted by atomic mass is 16.4. The third-order valence-electron chi connectivity index (χ3n) is 5.88. The summed E-state index contributed by atoms with van der Waals surface area (Å²) in [4.78, 5) is 51.1.